The normalized spacial score (nSPS) is 11.3. The monoisotopic (exact) mass is 542 g/mol. The minimum Gasteiger partial charge on any atom is -0.493 e. The minimum absolute atomic E-state index is 0.465. The topological polar surface area (TPSA) is 79.4 Å². The Balaban J connectivity index is 1.61. The van der Waals surface area contributed by atoms with Gasteiger partial charge in [-0.1, -0.05) is 30.3 Å². The van der Waals surface area contributed by atoms with Crippen LogP contribution in [-0.4, -0.2) is 38.0 Å². The summed E-state index contributed by atoms with van der Waals surface area (Å²) in [6, 6.07) is 15.9. The molecule has 2 aromatic heterocycles. The molecule has 0 spiro atoms. The zero-order chi connectivity index (χ0) is 22.7. The van der Waals surface area contributed by atoms with E-state index in [0.29, 0.717) is 29.9 Å². The van der Waals surface area contributed by atoms with Crippen LogP contribution in [0.2, 0.25) is 0 Å². The summed E-state index contributed by atoms with van der Waals surface area (Å²) in [5.74, 6) is 2.55. The Morgan fingerprint density at radius 2 is 1.84 bits per heavy atom. The molecule has 0 saturated heterocycles. The highest BCUT2D eigenvalue weighted by atomic mass is 127. The Morgan fingerprint density at radius 3 is 2.53 bits per heavy atom. The van der Waals surface area contributed by atoms with Crippen LogP contribution in [0.4, 0.5) is 0 Å². The Morgan fingerprint density at radius 1 is 1.06 bits per heavy atom. The SMILES string of the molecule is COc1cc(/C=N/n2c(C)nnc2-n2nc(C)cc2C)cc(I)c1OCc1ccccc1. The van der Waals surface area contributed by atoms with E-state index in [1.54, 1.807) is 22.7 Å². The molecule has 4 rings (SSSR count). The van der Waals surface area contributed by atoms with Gasteiger partial charge in [-0.3, -0.25) is 0 Å². The molecule has 0 atom stereocenters. The number of rotatable bonds is 7. The van der Waals surface area contributed by atoms with Crippen molar-refractivity contribution in [3.8, 4) is 17.4 Å². The molecular formula is C23H23IN6O2. The first-order valence-corrected chi connectivity index (χ1v) is 11.1. The lowest BCUT2D eigenvalue weighted by Crippen LogP contribution is -2.08. The highest BCUT2D eigenvalue weighted by Gasteiger charge is 2.15. The summed E-state index contributed by atoms with van der Waals surface area (Å²) >= 11 is 2.25. The molecule has 0 aliphatic rings. The Bertz CT molecular complexity index is 1260. The van der Waals surface area contributed by atoms with Crippen molar-refractivity contribution in [3.05, 3.63) is 80.4 Å². The second-order valence-corrected chi connectivity index (χ2v) is 8.41. The van der Waals surface area contributed by atoms with Crippen molar-refractivity contribution < 1.29 is 9.47 Å². The van der Waals surface area contributed by atoms with E-state index in [1.165, 1.54) is 0 Å². The van der Waals surface area contributed by atoms with Gasteiger partial charge in [-0.05, 0) is 72.7 Å². The van der Waals surface area contributed by atoms with E-state index in [-0.39, 0.29) is 0 Å². The smallest absolute Gasteiger partial charge is 0.273 e. The third kappa shape index (κ3) is 4.67. The lowest BCUT2D eigenvalue weighted by molar-refractivity contribution is 0.282. The number of hydrogen-bond acceptors (Lipinski definition) is 6. The number of aryl methyl sites for hydroxylation is 3. The average molecular weight is 542 g/mol. The van der Waals surface area contributed by atoms with Crippen LogP contribution in [0.25, 0.3) is 5.95 Å². The summed E-state index contributed by atoms with van der Waals surface area (Å²) in [6.07, 6.45) is 1.75. The van der Waals surface area contributed by atoms with Gasteiger partial charge >= 0.3 is 0 Å². The van der Waals surface area contributed by atoms with Crippen molar-refractivity contribution in [1.29, 1.82) is 0 Å². The summed E-state index contributed by atoms with van der Waals surface area (Å²) in [5, 5.41) is 17.5. The van der Waals surface area contributed by atoms with Crippen LogP contribution in [0, 0.1) is 24.3 Å². The summed E-state index contributed by atoms with van der Waals surface area (Å²) < 4.78 is 16.0. The van der Waals surface area contributed by atoms with Gasteiger partial charge in [-0.2, -0.15) is 14.9 Å². The van der Waals surface area contributed by atoms with E-state index in [0.717, 1.165) is 26.1 Å². The largest absolute Gasteiger partial charge is 0.493 e. The van der Waals surface area contributed by atoms with Gasteiger partial charge in [-0.25, -0.2) is 4.68 Å². The van der Waals surface area contributed by atoms with Gasteiger partial charge in [0.25, 0.3) is 5.95 Å². The lowest BCUT2D eigenvalue weighted by Gasteiger charge is -2.13. The Hall–Kier alpha value is -3.21. The highest BCUT2D eigenvalue weighted by molar-refractivity contribution is 14.1. The molecule has 0 N–H and O–H groups in total. The fourth-order valence-electron chi connectivity index (χ4n) is 3.25. The highest BCUT2D eigenvalue weighted by Crippen LogP contribution is 2.34. The van der Waals surface area contributed by atoms with Gasteiger partial charge in [0.1, 0.15) is 6.61 Å². The molecule has 0 aliphatic carbocycles. The fourth-order valence-corrected chi connectivity index (χ4v) is 4.03. The van der Waals surface area contributed by atoms with Crippen molar-refractivity contribution in [2.75, 3.05) is 7.11 Å². The summed E-state index contributed by atoms with van der Waals surface area (Å²) in [6.45, 7) is 6.23. The van der Waals surface area contributed by atoms with Crippen LogP contribution < -0.4 is 9.47 Å². The van der Waals surface area contributed by atoms with Crippen LogP contribution in [0.1, 0.15) is 28.3 Å². The predicted octanol–water partition coefficient (Wildman–Crippen LogP) is 4.46. The molecule has 0 bridgehead atoms. The van der Waals surface area contributed by atoms with Gasteiger partial charge in [0, 0.05) is 5.69 Å². The van der Waals surface area contributed by atoms with Crippen molar-refractivity contribution in [1.82, 2.24) is 24.7 Å². The molecule has 0 unspecified atom stereocenters. The van der Waals surface area contributed by atoms with E-state index in [1.807, 2.05) is 69.3 Å². The molecular weight excluding hydrogens is 519 g/mol. The van der Waals surface area contributed by atoms with E-state index in [4.69, 9.17) is 9.47 Å². The number of aromatic nitrogens is 5. The molecule has 9 heteroatoms. The first-order valence-electron chi connectivity index (χ1n) is 10.0. The van der Waals surface area contributed by atoms with Gasteiger partial charge < -0.3 is 9.47 Å². The minimum atomic E-state index is 0.465. The number of benzene rings is 2. The standard InChI is InChI=1S/C23H23IN6O2/c1-15-10-16(2)29(28-15)23-27-26-17(3)30(23)25-13-19-11-20(24)22(21(12-19)31-4)32-14-18-8-6-5-7-9-18/h5-13H,14H2,1-4H3/b25-13+. The third-order valence-corrected chi connectivity index (χ3v) is 5.58. The molecule has 0 aliphatic heterocycles. The lowest BCUT2D eigenvalue weighted by atomic mass is 10.2. The van der Waals surface area contributed by atoms with Crippen molar-refractivity contribution in [2.45, 2.75) is 27.4 Å². The van der Waals surface area contributed by atoms with E-state index >= 15 is 0 Å². The molecule has 0 amide bonds. The molecule has 8 nitrogen and oxygen atoms in total. The van der Waals surface area contributed by atoms with Crippen LogP contribution in [0.5, 0.6) is 11.5 Å². The summed E-state index contributed by atoms with van der Waals surface area (Å²) in [7, 11) is 1.63. The van der Waals surface area contributed by atoms with Gasteiger partial charge in [0.2, 0.25) is 0 Å². The second-order valence-electron chi connectivity index (χ2n) is 7.25. The zero-order valence-electron chi connectivity index (χ0n) is 18.3. The molecule has 0 radical (unpaired) electrons. The Labute approximate surface area is 200 Å². The van der Waals surface area contributed by atoms with Gasteiger partial charge in [0.15, 0.2) is 17.3 Å². The number of hydrogen-bond donors (Lipinski definition) is 0. The number of nitrogens with zero attached hydrogens (tertiary/aromatic N) is 6. The average Bonchev–Trinajstić information content (AvgIpc) is 3.32. The second kappa shape index (κ2) is 9.51. The Kier molecular flexibility index (Phi) is 6.54. The predicted molar refractivity (Wildman–Crippen MR) is 131 cm³/mol. The third-order valence-electron chi connectivity index (χ3n) is 4.78. The molecule has 0 saturated carbocycles. The molecule has 164 valence electrons. The van der Waals surface area contributed by atoms with Crippen LogP contribution >= 0.6 is 22.6 Å². The first kappa shape index (κ1) is 22.0. The van der Waals surface area contributed by atoms with E-state index < -0.39 is 0 Å². The van der Waals surface area contributed by atoms with E-state index in [9.17, 15) is 0 Å². The maximum atomic E-state index is 6.05. The number of ether oxygens (including phenoxy) is 2. The van der Waals surface area contributed by atoms with Gasteiger partial charge in [0.05, 0.1) is 22.6 Å². The number of halogens is 1. The molecule has 0 fully saturated rings. The first-order chi connectivity index (χ1) is 15.5. The molecule has 2 heterocycles. The fraction of sp³-hybridized carbons (Fsp3) is 0.217. The van der Waals surface area contributed by atoms with Crippen molar-refractivity contribution in [3.63, 3.8) is 0 Å². The van der Waals surface area contributed by atoms with Crippen molar-refractivity contribution >= 4 is 28.8 Å². The number of methoxy groups -OCH3 is 1. The summed E-state index contributed by atoms with van der Waals surface area (Å²) in [5.41, 5.74) is 3.83. The van der Waals surface area contributed by atoms with Crippen molar-refractivity contribution in [2.24, 2.45) is 5.10 Å². The summed E-state index contributed by atoms with van der Waals surface area (Å²) in [4.78, 5) is 0. The van der Waals surface area contributed by atoms with Crippen LogP contribution in [0.3, 0.4) is 0 Å². The van der Waals surface area contributed by atoms with Gasteiger partial charge in [-0.15, -0.1) is 10.2 Å². The van der Waals surface area contributed by atoms with Crippen LogP contribution in [-0.2, 0) is 6.61 Å². The molecule has 4 aromatic rings. The quantitative estimate of drug-likeness (QED) is 0.255. The van der Waals surface area contributed by atoms with Crippen LogP contribution in [0.15, 0.2) is 53.6 Å². The maximum Gasteiger partial charge on any atom is 0.273 e. The zero-order valence-corrected chi connectivity index (χ0v) is 20.4. The maximum absolute atomic E-state index is 6.05. The molecule has 32 heavy (non-hydrogen) atoms. The molecule has 2 aromatic carbocycles. The van der Waals surface area contributed by atoms with E-state index in [2.05, 4.69) is 43.0 Å².